The van der Waals surface area contributed by atoms with Crippen molar-refractivity contribution in [2.45, 2.75) is 44.3 Å². The Bertz CT molecular complexity index is 490. The van der Waals surface area contributed by atoms with Crippen molar-refractivity contribution in [1.82, 2.24) is 15.3 Å². The highest BCUT2D eigenvalue weighted by molar-refractivity contribution is 7.99. The minimum atomic E-state index is -0.353. The van der Waals surface area contributed by atoms with E-state index in [-0.39, 0.29) is 17.5 Å². The van der Waals surface area contributed by atoms with E-state index >= 15 is 0 Å². The minimum absolute atomic E-state index is 0.135. The highest BCUT2D eigenvalue weighted by Gasteiger charge is 2.13. The molecule has 1 amide bonds. The average molecular weight is 298 g/mol. The largest absolute Gasteiger partial charge is 0.368 e. The SMILES string of the molecule is CCCc1cc(=O)[nH]c(SCCC(NCC)C(N)=O)n1. The van der Waals surface area contributed by atoms with Crippen LogP contribution in [0, 0.1) is 0 Å². The summed E-state index contributed by atoms with van der Waals surface area (Å²) in [6.45, 7) is 4.67. The lowest BCUT2D eigenvalue weighted by Gasteiger charge is -2.13. The second kappa shape index (κ2) is 8.76. The number of carbonyl (C=O) groups is 1. The van der Waals surface area contributed by atoms with E-state index in [2.05, 4.69) is 15.3 Å². The monoisotopic (exact) mass is 298 g/mol. The van der Waals surface area contributed by atoms with Crippen molar-refractivity contribution in [3.8, 4) is 0 Å². The van der Waals surface area contributed by atoms with Crippen molar-refractivity contribution in [2.24, 2.45) is 5.73 Å². The summed E-state index contributed by atoms with van der Waals surface area (Å²) >= 11 is 1.43. The maximum Gasteiger partial charge on any atom is 0.251 e. The number of rotatable bonds is 9. The smallest absolute Gasteiger partial charge is 0.251 e. The van der Waals surface area contributed by atoms with Gasteiger partial charge in [-0.05, 0) is 19.4 Å². The van der Waals surface area contributed by atoms with Gasteiger partial charge in [-0.3, -0.25) is 9.59 Å². The van der Waals surface area contributed by atoms with E-state index in [4.69, 9.17) is 5.73 Å². The summed E-state index contributed by atoms with van der Waals surface area (Å²) in [6.07, 6.45) is 2.35. The highest BCUT2D eigenvalue weighted by Crippen LogP contribution is 2.14. The summed E-state index contributed by atoms with van der Waals surface area (Å²) in [5, 5.41) is 3.63. The molecule has 0 aliphatic heterocycles. The molecule has 112 valence electrons. The molecule has 0 saturated carbocycles. The van der Waals surface area contributed by atoms with Crippen LogP contribution in [-0.4, -0.2) is 34.2 Å². The molecular weight excluding hydrogens is 276 g/mol. The summed E-state index contributed by atoms with van der Waals surface area (Å²) in [7, 11) is 0. The van der Waals surface area contributed by atoms with Gasteiger partial charge in [0.1, 0.15) is 0 Å². The number of nitrogens with zero attached hydrogens (tertiary/aromatic N) is 1. The molecule has 0 radical (unpaired) electrons. The number of thioether (sulfide) groups is 1. The molecule has 7 heteroatoms. The molecule has 1 atom stereocenters. The Morgan fingerprint density at radius 3 is 2.90 bits per heavy atom. The number of hydrogen-bond acceptors (Lipinski definition) is 5. The highest BCUT2D eigenvalue weighted by atomic mass is 32.2. The van der Waals surface area contributed by atoms with Crippen LogP contribution in [0.5, 0.6) is 0 Å². The lowest BCUT2D eigenvalue weighted by molar-refractivity contribution is -0.120. The molecule has 0 aliphatic rings. The maximum atomic E-state index is 11.5. The predicted molar refractivity (Wildman–Crippen MR) is 80.9 cm³/mol. The van der Waals surface area contributed by atoms with Crippen LogP contribution < -0.4 is 16.6 Å². The molecule has 1 unspecified atom stereocenters. The van der Waals surface area contributed by atoms with Gasteiger partial charge < -0.3 is 16.0 Å². The summed E-state index contributed by atoms with van der Waals surface area (Å²) in [6, 6.07) is 1.19. The van der Waals surface area contributed by atoms with E-state index in [1.165, 1.54) is 17.8 Å². The van der Waals surface area contributed by atoms with E-state index in [0.29, 0.717) is 23.9 Å². The summed E-state index contributed by atoms with van der Waals surface area (Å²) in [5.41, 5.74) is 5.97. The van der Waals surface area contributed by atoms with Gasteiger partial charge in [0, 0.05) is 17.5 Å². The quantitative estimate of drug-likeness (QED) is 0.459. The molecule has 1 aromatic heterocycles. The normalized spacial score (nSPS) is 12.3. The van der Waals surface area contributed by atoms with Crippen LogP contribution in [0.4, 0.5) is 0 Å². The number of nitrogens with two attached hydrogens (primary N) is 1. The number of nitrogens with one attached hydrogen (secondary N) is 2. The number of primary amides is 1. The third-order valence-corrected chi connectivity index (χ3v) is 3.63. The molecule has 1 aromatic rings. The van der Waals surface area contributed by atoms with Crippen LogP contribution in [0.3, 0.4) is 0 Å². The van der Waals surface area contributed by atoms with E-state index in [1.807, 2.05) is 13.8 Å². The molecule has 0 aliphatic carbocycles. The molecule has 6 nitrogen and oxygen atoms in total. The number of aromatic amines is 1. The fourth-order valence-corrected chi connectivity index (χ4v) is 2.70. The Morgan fingerprint density at radius 1 is 1.55 bits per heavy atom. The van der Waals surface area contributed by atoms with Crippen molar-refractivity contribution in [2.75, 3.05) is 12.3 Å². The first-order chi connectivity index (χ1) is 9.56. The van der Waals surface area contributed by atoms with Gasteiger partial charge in [-0.15, -0.1) is 0 Å². The van der Waals surface area contributed by atoms with Gasteiger partial charge in [-0.2, -0.15) is 0 Å². The standard InChI is InChI=1S/C13H22N4O2S/c1-3-5-9-8-11(18)17-13(16-9)20-7-6-10(12(14)19)15-4-2/h8,10,15H,3-7H2,1-2H3,(H2,14,19)(H,16,17,18). The van der Waals surface area contributed by atoms with E-state index in [9.17, 15) is 9.59 Å². The number of aromatic nitrogens is 2. The van der Waals surface area contributed by atoms with Gasteiger partial charge in [0.2, 0.25) is 5.91 Å². The van der Waals surface area contributed by atoms with Crippen LogP contribution in [-0.2, 0) is 11.2 Å². The van der Waals surface area contributed by atoms with Crippen LogP contribution in [0.15, 0.2) is 16.0 Å². The first-order valence-electron chi connectivity index (χ1n) is 6.82. The van der Waals surface area contributed by atoms with Crippen molar-refractivity contribution >= 4 is 17.7 Å². The number of carbonyl (C=O) groups excluding carboxylic acids is 1. The number of likely N-dealkylation sites (N-methyl/N-ethyl adjacent to an activating group) is 1. The minimum Gasteiger partial charge on any atom is -0.368 e. The van der Waals surface area contributed by atoms with Crippen molar-refractivity contribution < 1.29 is 4.79 Å². The maximum absolute atomic E-state index is 11.5. The number of aryl methyl sites for hydroxylation is 1. The third-order valence-electron chi connectivity index (χ3n) is 2.72. The number of amides is 1. The summed E-state index contributed by atoms with van der Waals surface area (Å²) < 4.78 is 0. The Labute approximate surface area is 122 Å². The third kappa shape index (κ3) is 5.75. The molecule has 1 rings (SSSR count). The summed E-state index contributed by atoms with van der Waals surface area (Å²) in [5.74, 6) is 0.313. The van der Waals surface area contributed by atoms with Gasteiger partial charge >= 0.3 is 0 Å². The first-order valence-corrected chi connectivity index (χ1v) is 7.81. The molecular formula is C13H22N4O2S. The van der Waals surface area contributed by atoms with E-state index < -0.39 is 0 Å². The van der Waals surface area contributed by atoms with Gasteiger partial charge in [0.05, 0.1) is 6.04 Å². The van der Waals surface area contributed by atoms with Crippen molar-refractivity contribution in [1.29, 1.82) is 0 Å². The Balaban J connectivity index is 2.56. The zero-order valence-corrected chi connectivity index (χ0v) is 12.8. The van der Waals surface area contributed by atoms with Gasteiger partial charge in [-0.25, -0.2) is 4.98 Å². The topological polar surface area (TPSA) is 101 Å². The molecule has 0 saturated heterocycles. The van der Waals surface area contributed by atoms with E-state index in [1.54, 1.807) is 0 Å². The van der Waals surface area contributed by atoms with Crippen molar-refractivity contribution in [3.63, 3.8) is 0 Å². The van der Waals surface area contributed by atoms with Crippen molar-refractivity contribution in [3.05, 3.63) is 22.1 Å². The lowest BCUT2D eigenvalue weighted by Crippen LogP contribution is -2.41. The molecule has 0 aromatic carbocycles. The molecule has 0 spiro atoms. The first kappa shape index (κ1) is 16.7. The lowest BCUT2D eigenvalue weighted by atomic mass is 10.2. The molecule has 0 bridgehead atoms. The van der Waals surface area contributed by atoms with Gasteiger partial charge in [-0.1, -0.05) is 32.0 Å². The Morgan fingerprint density at radius 2 is 2.30 bits per heavy atom. The zero-order chi connectivity index (χ0) is 15.0. The second-order valence-electron chi connectivity index (χ2n) is 4.44. The summed E-state index contributed by atoms with van der Waals surface area (Å²) in [4.78, 5) is 29.8. The van der Waals surface area contributed by atoms with Crippen LogP contribution in [0.2, 0.25) is 0 Å². The van der Waals surface area contributed by atoms with Crippen LogP contribution in [0.1, 0.15) is 32.4 Å². The fraction of sp³-hybridized carbons (Fsp3) is 0.615. The Kier molecular flexibility index (Phi) is 7.32. The van der Waals surface area contributed by atoms with Crippen LogP contribution >= 0.6 is 11.8 Å². The van der Waals surface area contributed by atoms with E-state index in [0.717, 1.165) is 18.5 Å². The van der Waals surface area contributed by atoms with Gasteiger partial charge in [0.15, 0.2) is 5.16 Å². The number of H-pyrrole nitrogens is 1. The number of hydrogen-bond donors (Lipinski definition) is 3. The predicted octanol–water partition coefficient (Wildman–Crippen LogP) is 0.668. The molecule has 1 heterocycles. The van der Waals surface area contributed by atoms with Gasteiger partial charge in [0.25, 0.3) is 5.56 Å². The average Bonchev–Trinajstić information content (AvgIpc) is 2.37. The van der Waals surface area contributed by atoms with Crippen LogP contribution in [0.25, 0.3) is 0 Å². The molecule has 4 N–H and O–H groups in total. The fourth-order valence-electron chi connectivity index (χ4n) is 1.80. The molecule has 0 fully saturated rings. The second-order valence-corrected chi connectivity index (χ2v) is 5.53. The zero-order valence-electron chi connectivity index (χ0n) is 11.9. The molecule has 20 heavy (non-hydrogen) atoms. The Hall–Kier alpha value is -1.34.